The van der Waals surface area contributed by atoms with Crippen LogP contribution in [0.4, 0.5) is 5.69 Å². The number of nitrogens with zero attached hydrogens (tertiary/aromatic N) is 1. The van der Waals surface area contributed by atoms with Crippen molar-refractivity contribution >= 4 is 23.5 Å². The Kier molecular flexibility index (Phi) is 4.26. The summed E-state index contributed by atoms with van der Waals surface area (Å²) in [4.78, 5) is 0. The van der Waals surface area contributed by atoms with Crippen LogP contribution in [0.25, 0.3) is 0 Å². The van der Waals surface area contributed by atoms with Crippen molar-refractivity contribution in [1.82, 2.24) is 0 Å². The summed E-state index contributed by atoms with van der Waals surface area (Å²) in [5, 5.41) is 14.3. The Bertz CT molecular complexity index is 600. The van der Waals surface area contributed by atoms with Crippen molar-refractivity contribution in [3.63, 3.8) is 0 Å². The number of rotatable bonds is 4. The second-order valence-corrected chi connectivity index (χ2v) is 4.19. The number of phenols is 1. The molecule has 0 amide bonds. The number of halogens is 1. The summed E-state index contributed by atoms with van der Waals surface area (Å²) in [7, 11) is 1.50. The first-order valence-corrected chi connectivity index (χ1v) is 5.99. The van der Waals surface area contributed by atoms with Crippen LogP contribution in [-0.2, 0) is 0 Å². The lowest BCUT2D eigenvalue weighted by Gasteiger charge is -2.04. The molecule has 0 aliphatic carbocycles. The van der Waals surface area contributed by atoms with E-state index in [0.717, 1.165) is 11.3 Å². The Labute approximate surface area is 116 Å². The molecular formula is C14H13ClN2O2. The van der Waals surface area contributed by atoms with E-state index >= 15 is 0 Å². The maximum Gasteiger partial charge on any atom is 0.160 e. The maximum absolute atomic E-state index is 9.62. The van der Waals surface area contributed by atoms with E-state index < -0.39 is 0 Å². The number of ether oxygens (including phenoxy) is 1. The van der Waals surface area contributed by atoms with Gasteiger partial charge in [0.2, 0.25) is 0 Å². The van der Waals surface area contributed by atoms with Gasteiger partial charge in [-0.1, -0.05) is 23.7 Å². The molecule has 0 radical (unpaired) electrons. The van der Waals surface area contributed by atoms with E-state index in [9.17, 15) is 5.11 Å². The highest BCUT2D eigenvalue weighted by molar-refractivity contribution is 6.33. The molecule has 0 heterocycles. The molecule has 2 N–H and O–H groups in total. The monoisotopic (exact) mass is 276 g/mol. The van der Waals surface area contributed by atoms with Gasteiger partial charge in [0.25, 0.3) is 0 Å². The Hall–Kier alpha value is -2.20. The van der Waals surface area contributed by atoms with Crippen molar-refractivity contribution in [3.05, 3.63) is 53.1 Å². The molecule has 0 spiro atoms. The highest BCUT2D eigenvalue weighted by atomic mass is 35.5. The molecule has 5 heteroatoms. The van der Waals surface area contributed by atoms with Crippen LogP contribution >= 0.6 is 11.6 Å². The first-order valence-electron chi connectivity index (χ1n) is 5.61. The minimum atomic E-state index is 0.0733. The predicted octanol–water partition coefficient (Wildman–Crippen LogP) is 3.50. The summed E-state index contributed by atoms with van der Waals surface area (Å²) in [6, 6.07) is 12.3. The van der Waals surface area contributed by atoms with Gasteiger partial charge in [-0.25, -0.2) is 0 Å². The van der Waals surface area contributed by atoms with Gasteiger partial charge in [0.05, 0.1) is 24.0 Å². The molecule has 0 saturated heterocycles. The fourth-order valence-corrected chi connectivity index (χ4v) is 1.69. The van der Waals surface area contributed by atoms with Crippen molar-refractivity contribution in [2.75, 3.05) is 12.5 Å². The van der Waals surface area contributed by atoms with Gasteiger partial charge in [0.15, 0.2) is 11.5 Å². The number of nitrogens with one attached hydrogen (secondary N) is 1. The van der Waals surface area contributed by atoms with E-state index in [-0.39, 0.29) is 5.75 Å². The summed E-state index contributed by atoms with van der Waals surface area (Å²) in [5.41, 5.74) is 4.30. The highest BCUT2D eigenvalue weighted by Gasteiger charge is 2.00. The third-order valence-electron chi connectivity index (χ3n) is 2.48. The summed E-state index contributed by atoms with van der Waals surface area (Å²) >= 11 is 5.98. The van der Waals surface area contributed by atoms with Crippen molar-refractivity contribution in [3.8, 4) is 11.5 Å². The van der Waals surface area contributed by atoms with Crippen LogP contribution in [0, 0.1) is 0 Å². The highest BCUT2D eigenvalue weighted by Crippen LogP contribution is 2.25. The quantitative estimate of drug-likeness (QED) is 0.664. The average molecular weight is 277 g/mol. The topological polar surface area (TPSA) is 53.8 Å². The Morgan fingerprint density at radius 1 is 1.26 bits per heavy atom. The minimum absolute atomic E-state index is 0.0733. The second-order valence-electron chi connectivity index (χ2n) is 3.78. The van der Waals surface area contributed by atoms with Crippen LogP contribution in [0.5, 0.6) is 11.5 Å². The van der Waals surface area contributed by atoms with Crippen molar-refractivity contribution in [2.24, 2.45) is 5.10 Å². The third-order valence-corrected chi connectivity index (χ3v) is 2.80. The average Bonchev–Trinajstić information content (AvgIpc) is 2.41. The Morgan fingerprint density at radius 3 is 2.74 bits per heavy atom. The smallest absolute Gasteiger partial charge is 0.160 e. The van der Waals surface area contributed by atoms with Gasteiger partial charge in [-0.15, -0.1) is 0 Å². The lowest BCUT2D eigenvalue weighted by Crippen LogP contribution is -1.91. The molecule has 4 nitrogen and oxygen atoms in total. The maximum atomic E-state index is 9.62. The Morgan fingerprint density at radius 2 is 2.05 bits per heavy atom. The summed E-state index contributed by atoms with van der Waals surface area (Å²) in [6.45, 7) is 0. The molecule has 0 aliphatic heterocycles. The fraction of sp³-hybridized carbons (Fsp3) is 0.0714. The van der Waals surface area contributed by atoms with E-state index in [4.69, 9.17) is 16.3 Å². The molecule has 19 heavy (non-hydrogen) atoms. The number of hydrogen-bond donors (Lipinski definition) is 2. The normalized spacial score (nSPS) is 10.6. The standard InChI is InChI=1S/C14H13ClN2O2/c1-19-14-7-6-10(8-13(14)18)9-16-17-12-5-3-2-4-11(12)15/h2-9,17-18H,1H3/b16-9-. The zero-order valence-corrected chi connectivity index (χ0v) is 11.1. The zero-order valence-electron chi connectivity index (χ0n) is 10.3. The lowest BCUT2D eigenvalue weighted by atomic mass is 10.2. The van der Waals surface area contributed by atoms with Gasteiger partial charge >= 0.3 is 0 Å². The van der Waals surface area contributed by atoms with Gasteiger partial charge in [0.1, 0.15) is 0 Å². The molecule has 2 aromatic carbocycles. The second kappa shape index (κ2) is 6.11. The molecule has 0 aliphatic rings. The molecule has 0 fully saturated rings. The van der Waals surface area contributed by atoms with Gasteiger partial charge in [0, 0.05) is 0 Å². The summed E-state index contributed by atoms with van der Waals surface area (Å²) < 4.78 is 4.96. The molecule has 0 unspecified atom stereocenters. The van der Waals surface area contributed by atoms with Gasteiger partial charge < -0.3 is 9.84 Å². The van der Waals surface area contributed by atoms with Crippen LogP contribution in [0.1, 0.15) is 5.56 Å². The predicted molar refractivity (Wildman–Crippen MR) is 77.3 cm³/mol. The van der Waals surface area contributed by atoms with E-state index in [1.165, 1.54) is 7.11 Å². The van der Waals surface area contributed by atoms with Crippen molar-refractivity contribution in [2.45, 2.75) is 0 Å². The molecule has 0 bridgehead atoms. The van der Waals surface area contributed by atoms with Gasteiger partial charge in [-0.05, 0) is 35.9 Å². The Balaban J connectivity index is 2.07. The first kappa shape index (κ1) is 13.2. The molecule has 0 aromatic heterocycles. The van der Waals surface area contributed by atoms with Gasteiger partial charge in [-0.2, -0.15) is 5.10 Å². The number of para-hydroxylation sites is 1. The fourth-order valence-electron chi connectivity index (χ4n) is 1.52. The SMILES string of the molecule is COc1ccc(/C=N\Nc2ccccc2Cl)cc1O. The number of hydrazone groups is 1. The number of aromatic hydroxyl groups is 1. The number of hydrogen-bond acceptors (Lipinski definition) is 4. The van der Waals surface area contributed by atoms with E-state index in [2.05, 4.69) is 10.5 Å². The molecule has 2 rings (SSSR count). The molecule has 0 saturated carbocycles. The summed E-state index contributed by atoms with van der Waals surface area (Å²) in [6.07, 6.45) is 1.59. The van der Waals surface area contributed by atoms with Crippen LogP contribution in [0.2, 0.25) is 5.02 Å². The minimum Gasteiger partial charge on any atom is -0.504 e. The van der Waals surface area contributed by atoms with E-state index in [0.29, 0.717) is 10.8 Å². The van der Waals surface area contributed by atoms with Crippen molar-refractivity contribution in [1.29, 1.82) is 0 Å². The largest absolute Gasteiger partial charge is 0.504 e. The molecule has 98 valence electrons. The third kappa shape index (κ3) is 3.39. The molecule has 0 atom stereocenters. The lowest BCUT2D eigenvalue weighted by molar-refractivity contribution is 0.373. The number of benzene rings is 2. The molecule has 2 aromatic rings. The van der Waals surface area contributed by atoms with E-state index in [1.807, 2.05) is 18.2 Å². The van der Waals surface area contributed by atoms with Crippen LogP contribution in [0.15, 0.2) is 47.6 Å². The van der Waals surface area contributed by atoms with Crippen LogP contribution < -0.4 is 10.2 Å². The van der Waals surface area contributed by atoms with Crippen LogP contribution in [-0.4, -0.2) is 18.4 Å². The van der Waals surface area contributed by atoms with Gasteiger partial charge in [-0.3, -0.25) is 5.43 Å². The first-order chi connectivity index (χ1) is 9.20. The van der Waals surface area contributed by atoms with E-state index in [1.54, 1.807) is 30.5 Å². The zero-order chi connectivity index (χ0) is 13.7. The van der Waals surface area contributed by atoms with Crippen molar-refractivity contribution < 1.29 is 9.84 Å². The summed E-state index contributed by atoms with van der Waals surface area (Å²) in [5.74, 6) is 0.500. The number of methoxy groups -OCH3 is 1. The van der Waals surface area contributed by atoms with Crippen LogP contribution in [0.3, 0.4) is 0 Å². The molecular weight excluding hydrogens is 264 g/mol. The number of anilines is 1. The number of phenolic OH excluding ortho intramolecular Hbond substituents is 1.